The molecule has 35 heavy (non-hydrogen) atoms. The Morgan fingerprint density at radius 3 is 2.63 bits per heavy atom. The molecule has 0 saturated heterocycles. The van der Waals surface area contributed by atoms with Crippen LogP contribution in [0.4, 0.5) is 0 Å². The van der Waals surface area contributed by atoms with Crippen LogP contribution in [0.15, 0.2) is 93.2 Å². The van der Waals surface area contributed by atoms with Gasteiger partial charge in [0.2, 0.25) is 0 Å². The molecular weight excluding hydrogens is 480 g/mol. The van der Waals surface area contributed by atoms with Gasteiger partial charge in [-0.3, -0.25) is 9.36 Å². The summed E-state index contributed by atoms with van der Waals surface area (Å²) in [5.74, 6) is 0.962. The fourth-order valence-corrected chi connectivity index (χ4v) is 5.82. The van der Waals surface area contributed by atoms with Gasteiger partial charge in [0.05, 0.1) is 22.4 Å². The second kappa shape index (κ2) is 9.85. The van der Waals surface area contributed by atoms with E-state index in [1.54, 1.807) is 18.4 Å². The average molecular weight is 503 g/mol. The zero-order chi connectivity index (χ0) is 24.4. The number of hydrogen-bond donors (Lipinski definition) is 0. The van der Waals surface area contributed by atoms with Crippen molar-refractivity contribution in [2.45, 2.75) is 19.9 Å². The number of para-hydroxylation sites is 1. The Bertz CT molecular complexity index is 1580. The van der Waals surface area contributed by atoms with Gasteiger partial charge in [0.1, 0.15) is 17.5 Å². The molecule has 1 atom stereocenters. The van der Waals surface area contributed by atoms with Crippen LogP contribution in [0.2, 0.25) is 0 Å². The van der Waals surface area contributed by atoms with E-state index in [1.807, 2.05) is 78.2 Å². The van der Waals surface area contributed by atoms with E-state index in [9.17, 15) is 9.59 Å². The third kappa shape index (κ3) is 4.62. The largest absolute Gasteiger partial charge is 0.463 e. The molecule has 6 nitrogen and oxygen atoms in total. The summed E-state index contributed by atoms with van der Waals surface area (Å²) in [6.07, 6.45) is 1.83. The molecule has 0 bridgehead atoms. The van der Waals surface area contributed by atoms with Gasteiger partial charge in [-0.05, 0) is 61.2 Å². The maximum Gasteiger partial charge on any atom is 0.338 e. The van der Waals surface area contributed by atoms with E-state index in [0.717, 1.165) is 16.2 Å². The highest BCUT2D eigenvalue weighted by Gasteiger charge is 2.33. The summed E-state index contributed by atoms with van der Waals surface area (Å²) in [5, 5.41) is 1.93. The molecule has 2 aromatic heterocycles. The van der Waals surface area contributed by atoms with Crippen LogP contribution >= 0.6 is 22.7 Å². The first kappa shape index (κ1) is 23.0. The normalized spacial score (nSPS) is 15.5. The number of thiazole rings is 1. The summed E-state index contributed by atoms with van der Waals surface area (Å²) < 4.78 is 13.4. The molecule has 0 unspecified atom stereocenters. The summed E-state index contributed by atoms with van der Waals surface area (Å²) in [6, 6.07) is 20.4. The van der Waals surface area contributed by atoms with Crippen molar-refractivity contribution in [2.75, 3.05) is 6.61 Å². The summed E-state index contributed by atoms with van der Waals surface area (Å²) >= 11 is 2.80. The fourth-order valence-electron chi connectivity index (χ4n) is 3.95. The number of nitrogens with zero attached hydrogens (tertiary/aromatic N) is 2. The molecule has 0 spiro atoms. The van der Waals surface area contributed by atoms with Gasteiger partial charge < -0.3 is 9.47 Å². The van der Waals surface area contributed by atoms with Gasteiger partial charge in [-0.25, -0.2) is 9.79 Å². The molecule has 0 saturated carbocycles. The van der Waals surface area contributed by atoms with Crippen LogP contribution in [0.1, 0.15) is 30.3 Å². The fraction of sp³-hybridized carbons (Fsp3) is 0.148. The minimum Gasteiger partial charge on any atom is -0.463 e. The second-order valence-electron chi connectivity index (χ2n) is 7.81. The molecule has 1 aliphatic heterocycles. The van der Waals surface area contributed by atoms with Gasteiger partial charge in [-0.15, -0.1) is 11.3 Å². The molecule has 2 aromatic carbocycles. The molecule has 8 heteroatoms. The summed E-state index contributed by atoms with van der Waals surface area (Å²) in [6.45, 7) is 3.80. The Hall–Kier alpha value is -3.75. The van der Waals surface area contributed by atoms with Crippen LogP contribution in [0.3, 0.4) is 0 Å². The van der Waals surface area contributed by atoms with Gasteiger partial charge in [-0.2, -0.15) is 0 Å². The van der Waals surface area contributed by atoms with Gasteiger partial charge in [0, 0.05) is 4.88 Å². The zero-order valence-electron chi connectivity index (χ0n) is 19.1. The minimum absolute atomic E-state index is 0.198. The number of benzene rings is 2. The van der Waals surface area contributed by atoms with E-state index < -0.39 is 12.0 Å². The smallest absolute Gasteiger partial charge is 0.338 e. The molecule has 3 heterocycles. The van der Waals surface area contributed by atoms with Crippen molar-refractivity contribution in [1.29, 1.82) is 0 Å². The maximum absolute atomic E-state index is 13.6. The van der Waals surface area contributed by atoms with Gasteiger partial charge in [0.25, 0.3) is 5.56 Å². The van der Waals surface area contributed by atoms with Crippen LogP contribution in [0.25, 0.3) is 6.08 Å². The molecule has 0 fully saturated rings. The van der Waals surface area contributed by atoms with E-state index in [4.69, 9.17) is 9.47 Å². The lowest BCUT2D eigenvalue weighted by atomic mass is 10.0. The quantitative estimate of drug-likeness (QED) is 0.360. The average Bonchev–Trinajstić information content (AvgIpc) is 3.48. The first-order valence-electron chi connectivity index (χ1n) is 11.1. The number of rotatable bonds is 6. The monoisotopic (exact) mass is 502 g/mol. The molecular formula is C27H22N2O4S2. The van der Waals surface area contributed by atoms with Crippen LogP contribution in [0.5, 0.6) is 11.5 Å². The minimum atomic E-state index is -0.569. The van der Waals surface area contributed by atoms with Gasteiger partial charge in [0.15, 0.2) is 4.80 Å². The molecule has 5 rings (SSSR count). The lowest BCUT2D eigenvalue weighted by Gasteiger charge is -2.23. The van der Waals surface area contributed by atoms with Crippen molar-refractivity contribution >= 4 is 34.7 Å². The number of allylic oxidation sites excluding steroid dienone is 1. The number of hydrogen-bond acceptors (Lipinski definition) is 7. The first-order valence-corrected chi connectivity index (χ1v) is 12.8. The molecule has 0 aliphatic carbocycles. The lowest BCUT2D eigenvalue weighted by molar-refractivity contribution is -0.139. The van der Waals surface area contributed by atoms with Crippen molar-refractivity contribution in [3.8, 4) is 11.5 Å². The highest BCUT2D eigenvalue weighted by Crippen LogP contribution is 2.33. The van der Waals surface area contributed by atoms with E-state index in [2.05, 4.69) is 4.99 Å². The molecule has 0 amide bonds. The van der Waals surface area contributed by atoms with Crippen LogP contribution < -0.4 is 19.6 Å². The number of thiophene rings is 1. The number of esters is 1. The van der Waals surface area contributed by atoms with E-state index in [0.29, 0.717) is 26.4 Å². The molecule has 4 aromatic rings. The zero-order valence-corrected chi connectivity index (χ0v) is 20.8. The number of carbonyl (C=O) groups excluding carboxylic acids is 1. The third-order valence-electron chi connectivity index (χ3n) is 5.46. The van der Waals surface area contributed by atoms with Crippen LogP contribution in [-0.2, 0) is 9.53 Å². The Kier molecular flexibility index (Phi) is 6.48. The van der Waals surface area contributed by atoms with Crippen LogP contribution in [-0.4, -0.2) is 17.1 Å². The summed E-state index contributed by atoms with van der Waals surface area (Å²) in [7, 11) is 0. The van der Waals surface area contributed by atoms with Crippen molar-refractivity contribution < 1.29 is 14.3 Å². The Morgan fingerprint density at radius 2 is 1.89 bits per heavy atom. The number of ether oxygens (including phenoxy) is 2. The van der Waals surface area contributed by atoms with Crippen LogP contribution in [0, 0.1) is 0 Å². The number of aromatic nitrogens is 1. The summed E-state index contributed by atoms with van der Waals surface area (Å²) in [5.41, 5.74) is 1.59. The molecule has 0 radical (unpaired) electrons. The van der Waals surface area contributed by atoms with Crippen molar-refractivity contribution in [1.82, 2.24) is 4.57 Å². The van der Waals surface area contributed by atoms with E-state index in [1.165, 1.54) is 22.7 Å². The SMILES string of the molecule is CCOC(=O)C1=C(C)N=c2s/c(=C\c3cccc(Oc4ccccc4)c3)c(=O)n2[C@@H]1c1cccs1. The van der Waals surface area contributed by atoms with Crippen molar-refractivity contribution in [2.24, 2.45) is 4.99 Å². The highest BCUT2D eigenvalue weighted by molar-refractivity contribution is 7.10. The molecule has 1 aliphatic rings. The van der Waals surface area contributed by atoms with Gasteiger partial charge >= 0.3 is 5.97 Å². The third-order valence-corrected chi connectivity index (χ3v) is 7.37. The Balaban J connectivity index is 1.59. The first-order chi connectivity index (χ1) is 17.0. The Labute approximate surface area is 209 Å². The van der Waals surface area contributed by atoms with Crippen molar-refractivity contribution in [3.63, 3.8) is 0 Å². The molecule has 176 valence electrons. The molecule has 0 N–H and O–H groups in total. The number of carbonyl (C=O) groups is 1. The Morgan fingerprint density at radius 1 is 1.09 bits per heavy atom. The standard InChI is InChI=1S/C27H22N2O4S2/c1-3-32-26(31)23-17(2)28-27-29(24(23)21-13-8-14-34-21)25(30)22(35-27)16-18-9-7-12-20(15-18)33-19-10-5-4-6-11-19/h4-16,24H,3H2,1-2H3/b22-16-/t24-/m1/s1. The highest BCUT2D eigenvalue weighted by atomic mass is 32.1. The predicted octanol–water partition coefficient (Wildman–Crippen LogP) is 4.65. The second-order valence-corrected chi connectivity index (χ2v) is 9.79. The predicted molar refractivity (Wildman–Crippen MR) is 138 cm³/mol. The van der Waals surface area contributed by atoms with E-state index >= 15 is 0 Å². The topological polar surface area (TPSA) is 69.9 Å². The van der Waals surface area contributed by atoms with E-state index in [-0.39, 0.29) is 12.2 Å². The lowest BCUT2D eigenvalue weighted by Crippen LogP contribution is -2.39. The van der Waals surface area contributed by atoms with Crippen molar-refractivity contribution in [3.05, 3.63) is 114 Å². The van der Waals surface area contributed by atoms with Gasteiger partial charge in [-0.1, -0.05) is 47.7 Å². The maximum atomic E-state index is 13.6. The summed E-state index contributed by atoms with van der Waals surface area (Å²) in [4.78, 5) is 32.5. The number of fused-ring (bicyclic) bond motifs is 1.